The summed E-state index contributed by atoms with van der Waals surface area (Å²) in [6.45, 7) is 1.45. The van der Waals surface area contributed by atoms with E-state index in [4.69, 9.17) is 5.73 Å². The van der Waals surface area contributed by atoms with Crippen molar-refractivity contribution in [1.29, 1.82) is 0 Å². The van der Waals surface area contributed by atoms with Crippen molar-refractivity contribution >= 4 is 10.8 Å². The van der Waals surface area contributed by atoms with Crippen molar-refractivity contribution in [3.05, 3.63) is 47.5 Å². The third-order valence-corrected chi connectivity index (χ3v) is 3.18. The van der Waals surface area contributed by atoms with E-state index in [9.17, 15) is 13.2 Å². The Kier molecular flexibility index (Phi) is 3.30. The highest BCUT2D eigenvalue weighted by atomic mass is 19.4. The van der Waals surface area contributed by atoms with Gasteiger partial charge < -0.3 is 5.73 Å². The molecule has 0 aromatic heterocycles. The predicted octanol–water partition coefficient (Wildman–Crippen LogP) is 3.75. The van der Waals surface area contributed by atoms with Crippen LogP contribution in [0.25, 0.3) is 10.8 Å². The van der Waals surface area contributed by atoms with Gasteiger partial charge in [-0.25, -0.2) is 0 Å². The summed E-state index contributed by atoms with van der Waals surface area (Å²) in [6, 6.07) is 10.4. The highest BCUT2D eigenvalue weighted by Crippen LogP contribution is 2.37. The molecule has 0 saturated carbocycles. The monoisotopic (exact) mass is 253 g/mol. The Morgan fingerprint density at radius 1 is 1.06 bits per heavy atom. The number of hydrogen-bond donors (Lipinski definition) is 1. The highest BCUT2D eigenvalue weighted by molar-refractivity contribution is 5.89. The molecule has 2 rings (SSSR count). The molecule has 2 aromatic carbocycles. The van der Waals surface area contributed by atoms with Crippen LogP contribution in [0, 0.1) is 6.92 Å². The van der Waals surface area contributed by atoms with Crippen LogP contribution in [-0.4, -0.2) is 12.7 Å². The van der Waals surface area contributed by atoms with Gasteiger partial charge in [-0.1, -0.05) is 36.4 Å². The molecule has 4 heteroatoms. The van der Waals surface area contributed by atoms with Gasteiger partial charge >= 0.3 is 6.18 Å². The quantitative estimate of drug-likeness (QED) is 0.866. The molecule has 0 heterocycles. The van der Waals surface area contributed by atoms with Gasteiger partial charge in [-0.15, -0.1) is 0 Å². The third kappa shape index (κ3) is 2.20. The van der Waals surface area contributed by atoms with Gasteiger partial charge in [0.15, 0.2) is 0 Å². The van der Waals surface area contributed by atoms with E-state index in [2.05, 4.69) is 0 Å². The lowest BCUT2D eigenvalue weighted by atomic mass is 9.91. The molecule has 0 radical (unpaired) electrons. The first kappa shape index (κ1) is 12.9. The van der Waals surface area contributed by atoms with Gasteiger partial charge in [0, 0.05) is 6.54 Å². The Morgan fingerprint density at radius 2 is 1.67 bits per heavy atom. The first-order valence-corrected chi connectivity index (χ1v) is 5.70. The molecule has 0 bridgehead atoms. The number of fused-ring (bicyclic) bond motifs is 1. The largest absolute Gasteiger partial charge is 0.396 e. The number of aryl methyl sites for hydroxylation is 1. The van der Waals surface area contributed by atoms with Crippen LogP contribution in [0.2, 0.25) is 0 Å². The lowest BCUT2D eigenvalue weighted by Crippen LogP contribution is -2.28. The Labute approximate surface area is 103 Å². The summed E-state index contributed by atoms with van der Waals surface area (Å²) >= 11 is 0. The highest BCUT2D eigenvalue weighted by Gasteiger charge is 2.40. The smallest absolute Gasteiger partial charge is 0.330 e. The maximum Gasteiger partial charge on any atom is 0.396 e. The predicted molar refractivity (Wildman–Crippen MR) is 66.5 cm³/mol. The first-order chi connectivity index (χ1) is 8.45. The minimum atomic E-state index is -4.31. The lowest BCUT2D eigenvalue weighted by Gasteiger charge is -2.21. The van der Waals surface area contributed by atoms with Gasteiger partial charge in [0.2, 0.25) is 0 Å². The molecule has 0 aliphatic rings. The standard InChI is InChI=1S/C14H14F3N/c1-9-6-7-12(13(8-18)14(15,16)17)11-5-3-2-4-10(9)11/h2-7,13H,8,18H2,1H3. The van der Waals surface area contributed by atoms with Gasteiger partial charge in [0.1, 0.15) is 0 Å². The summed E-state index contributed by atoms with van der Waals surface area (Å²) in [5.41, 5.74) is 6.52. The van der Waals surface area contributed by atoms with E-state index < -0.39 is 18.6 Å². The van der Waals surface area contributed by atoms with Crippen molar-refractivity contribution in [3.63, 3.8) is 0 Å². The summed E-state index contributed by atoms with van der Waals surface area (Å²) in [5.74, 6) is -1.61. The number of hydrogen-bond acceptors (Lipinski definition) is 1. The van der Waals surface area contributed by atoms with Crippen molar-refractivity contribution < 1.29 is 13.2 Å². The van der Waals surface area contributed by atoms with Crippen LogP contribution < -0.4 is 5.73 Å². The molecular formula is C14H14F3N. The Morgan fingerprint density at radius 3 is 2.22 bits per heavy atom. The van der Waals surface area contributed by atoms with Crippen molar-refractivity contribution in [2.75, 3.05) is 6.54 Å². The van der Waals surface area contributed by atoms with E-state index in [0.717, 1.165) is 10.9 Å². The van der Waals surface area contributed by atoms with Crippen LogP contribution in [0.5, 0.6) is 0 Å². The normalized spacial score (nSPS) is 13.8. The average molecular weight is 253 g/mol. The van der Waals surface area contributed by atoms with Gasteiger partial charge in [0.05, 0.1) is 5.92 Å². The molecule has 2 N–H and O–H groups in total. The Balaban J connectivity index is 2.68. The lowest BCUT2D eigenvalue weighted by molar-refractivity contribution is -0.147. The van der Waals surface area contributed by atoms with Crippen molar-refractivity contribution in [1.82, 2.24) is 0 Å². The summed E-state index contributed by atoms with van der Waals surface area (Å²) in [5, 5.41) is 1.47. The van der Waals surface area contributed by atoms with Gasteiger partial charge in [0.25, 0.3) is 0 Å². The molecule has 0 spiro atoms. The summed E-state index contributed by atoms with van der Waals surface area (Å²) < 4.78 is 38.9. The number of benzene rings is 2. The molecule has 1 nitrogen and oxygen atoms in total. The molecule has 0 aliphatic heterocycles. The van der Waals surface area contributed by atoms with Gasteiger partial charge in [-0.05, 0) is 28.8 Å². The van der Waals surface area contributed by atoms with E-state index >= 15 is 0 Å². The number of nitrogens with two attached hydrogens (primary N) is 1. The average Bonchev–Trinajstić information content (AvgIpc) is 2.32. The summed E-state index contributed by atoms with van der Waals surface area (Å²) in [4.78, 5) is 0. The SMILES string of the molecule is Cc1ccc(C(CN)C(F)(F)F)c2ccccc12. The van der Waals surface area contributed by atoms with Crippen LogP contribution in [0.1, 0.15) is 17.0 Å². The molecule has 96 valence electrons. The van der Waals surface area contributed by atoms with E-state index in [0.29, 0.717) is 5.39 Å². The molecule has 2 aromatic rings. The minimum absolute atomic E-state index is 0.256. The van der Waals surface area contributed by atoms with Crippen LogP contribution in [0.3, 0.4) is 0 Å². The molecule has 1 unspecified atom stereocenters. The number of halogens is 3. The Hall–Kier alpha value is -1.55. The topological polar surface area (TPSA) is 26.0 Å². The van der Waals surface area contributed by atoms with Crippen LogP contribution in [-0.2, 0) is 0 Å². The second-order valence-corrected chi connectivity index (χ2v) is 4.35. The van der Waals surface area contributed by atoms with Gasteiger partial charge in [-0.3, -0.25) is 0 Å². The zero-order valence-corrected chi connectivity index (χ0v) is 9.96. The first-order valence-electron chi connectivity index (χ1n) is 5.70. The van der Waals surface area contributed by atoms with E-state index in [1.807, 2.05) is 19.1 Å². The second kappa shape index (κ2) is 4.61. The molecule has 18 heavy (non-hydrogen) atoms. The minimum Gasteiger partial charge on any atom is -0.330 e. The third-order valence-electron chi connectivity index (χ3n) is 3.18. The molecule has 0 aliphatic carbocycles. The second-order valence-electron chi connectivity index (χ2n) is 4.35. The van der Waals surface area contributed by atoms with Crippen LogP contribution >= 0.6 is 0 Å². The zero-order chi connectivity index (χ0) is 13.3. The van der Waals surface area contributed by atoms with Crippen molar-refractivity contribution in [2.45, 2.75) is 19.0 Å². The molecule has 0 saturated heterocycles. The van der Waals surface area contributed by atoms with E-state index in [-0.39, 0.29) is 5.56 Å². The summed E-state index contributed by atoms with van der Waals surface area (Å²) in [6.07, 6.45) is -4.31. The van der Waals surface area contributed by atoms with Crippen LogP contribution in [0.4, 0.5) is 13.2 Å². The van der Waals surface area contributed by atoms with Crippen LogP contribution in [0.15, 0.2) is 36.4 Å². The fraction of sp³-hybridized carbons (Fsp3) is 0.286. The van der Waals surface area contributed by atoms with Crippen molar-refractivity contribution in [2.24, 2.45) is 5.73 Å². The molecule has 1 atom stereocenters. The van der Waals surface area contributed by atoms with Gasteiger partial charge in [-0.2, -0.15) is 13.2 Å². The maximum atomic E-state index is 13.0. The number of alkyl halides is 3. The van der Waals surface area contributed by atoms with E-state index in [1.54, 1.807) is 18.2 Å². The Bertz CT molecular complexity index is 560. The van der Waals surface area contributed by atoms with Crippen molar-refractivity contribution in [3.8, 4) is 0 Å². The molecule has 0 amide bonds. The zero-order valence-electron chi connectivity index (χ0n) is 9.96. The number of rotatable bonds is 2. The fourth-order valence-corrected chi connectivity index (χ4v) is 2.21. The molecule has 0 fully saturated rings. The molecular weight excluding hydrogens is 239 g/mol. The summed E-state index contributed by atoms with van der Waals surface area (Å²) in [7, 11) is 0. The fourth-order valence-electron chi connectivity index (χ4n) is 2.21. The van der Waals surface area contributed by atoms with E-state index in [1.165, 1.54) is 6.07 Å². The maximum absolute atomic E-state index is 13.0.